The third-order valence-electron chi connectivity index (χ3n) is 2.96. The average Bonchev–Trinajstić information content (AvgIpc) is 2.75. The van der Waals surface area contributed by atoms with Crippen LogP contribution in [-0.2, 0) is 14.3 Å². The maximum Gasteiger partial charge on any atom is 0.311 e. The van der Waals surface area contributed by atoms with E-state index in [4.69, 9.17) is 11.6 Å². The third-order valence-corrected chi connectivity index (χ3v) is 3.78. The molecule has 1 saturated heterocycles. The number of esters is 1. The molecule has 1 aliphatic heterocycles. The molecule has 0 radical (unpaired) electrons. The summed E-state index contributed by atoms with van der Waals surface area (Å²) in [7, 11) is 1.28. The van der Waals surface area contributed by atoms with Gasteiger partial charge in [0.1, 0.15) is 0 Å². The number of anilines is 1. The molecule has 0 spiro atoms. The molecule has 1 fully saturated rings. The summed E-state index contributed by atoms with van der Waals surface area (Å²) < 4.78 is 5.02. The zero-order chi connectivity index (χ0) is 14.2. The summed E-state index contributed by atoms with van der Waals surface area (Å²) in [6.45, 7) is 0.172. The Bertz CT molecular complexity index is 549. The molecule has 0 saturated carbocycles. The van der Waals surface area contributed by atoms with Gasteiger partial charge >= 0.3 is 5.97 Å². The highest BCUT2D eigenvalue weighted by Crippen LogP contribution is 2.40. The van der Waals surface area contributed by atoms with Crippen LogP contribution in [0, 0.1) is 5.92 Å². The molecule has 1 aromatic carbocycles. The predicted molar refractivity (Wildman–Crippen MR) is 73.3 cm³/mol. The topological polar surface area (TPSA) is 66.8 Å². The van der Waals surface area contributed by atoms with Crippen LogP contribution in [0.2, 0.25) is 5.02 Å². The Hall–Kier alpha value is -1.27. The molecule has 1 unspecified atom stereocenters. The first-order valence-electron chi connectivity index (χ1n) is 5.50. The molecule has 1 amide bonds. The van der Waals surface area contributed by atoms with E-state index in [2.05, 4.69) is 20.7 Å². The molecule has 5 nitrogen and oxygen atoms in total. The van der Waals surface area contributed by atoms with E-state index in [0.29, 0.717) is 9.50 Å². The van der Waals surface area contributed by atoms with E-state index < -0.39 is 11.9 Å². The van der Waals surface area contributed by atoms with Crippen molar-refractivity contribution in [3.05, 3.63) is 21.6 Å². The van der Waals surface area contributed by atoms with Crippen LogP contribution in [0.1, 0.15) is 6.42 Å². The molecular formula is C12H11BrClNO4. The van der Waals surface area contributed by atoms with E-state index in [9.17, 15) is 14.7 Å². The van der Waals surface area contributed by atoms with Gasteiger partial charge in [-0.2, -0.15) is 0 Å². The quantitative estimate of drug-likeness (QED) is 0.833. The van der Waals surface area contributed by atoms with Crippen molar-refractivity contribution >= 4 is 45.1 Å². The van der Waals surface area contributed by atoms with Crippen LogP contribution in [0.15, 0.2) is 16.6 Å². The highest BCUT2D eigenvalue weighted by Gasteiger charge is 2.37. The number of ether oxygens (including phenoxy) is 1. The molecular weight excluding hydrogens is 337 g/mol. The van der Waals surface area contributed by atoms with Crippen molar-refractivity contribution < 1.29 is 19.4 Å². The summed E-state index contributed by atoms with van der Waals surface area (Å²) in [4.78, 5) is 24.7. The zero-order valence-corrected chi connectivity index (χ0v) is 12.4. The minimum Gasteiger partial charge on any atom is -0.505 e. The Balaban J connectivity index is 2.33. The first-order chi connectivity index (χ1) is 8.93. The van der Waals surface area contributed by atoms with Gasteiger partial charge in [-0.25, -0.2) is 0 Å². The minimum absolute atomic E-state index is 0.0657. The van der Waals surface area contributed by atoms with E-state index in [1.807, 2.05) is 0 Å². The summed E-state index contributed by atoms with van der Waals surface area (Å²) in [5.74, 6) is -1.28. The summed E-state index contributed by atoms with van der Waals surface area (Å²) >= 11 is 9.06. The van der Waals surface area contributed by atoms with E-state index in [0.717, 1.165) is 0 Å². The molecule has 1 atom stereocenters. The largest absolute Gasteiger partial charge is 0.505 e. The van der Waals surface area contributed by atoms with Crippen LogP contribution in [0.25, 0.3) is 0 Å². The van der Waals surface area contributed by atoms with E-state index >= 15 is 0 Å². The Kier molecular flexibility index (Phi) is 4.01. The number of nitrogens with zero attached hydrogens (tertiary/aromatic N) is 1. The summed E-state index contributed by atoms with van der Waals surface area (Å²) in [5, 5.41) is 10.3. The van der Waals surface area contributed by atoms with Crippen LogP contribution in [0.4, 0.5) is 5.69 Å². The van der Waals surface area contributed by atoms with Gasteiger partial charge in [-0.15, -0.1) is 0 Å². The lowest BCUT2D eigenvalue weighted by Gasteiger charge is -2.18. The second-order valence-electron chi connectivity index (χ2n) is 4.18. The first-order valence-corrected chi connectivity index (χ1v) is 6.67. The fraction of sp³-hybridized carbons (Fsp3) is 0.333. The van der Waals surface area contributed by atoms with Crippen LogP contribution in [-0.4, -0.2) is 30.6 Å². The number of hydrogen-bond acceptors (Lipinski definition) is 4. The second-order valence-corrected chi connectivity index (χ2v) is 5.47. The number of amides is 1. The number of aromatic hydroxyl groups is 1. The number of phenolic OH excluding ortho intramolecular Hbond substituents is 1. The molecule has 0 aliphatic carbocycles. The molecule has 1 aromatic rings. The smallest absolute Gasteiger partial charge is 0.311 e. The van der Waals surface area contributed by atoms with Gasteiger partial charge in [-0.3, -0.25) is 9.59 Å². The van der Waals surface area contributed by atoms with Gasteiger partial charge in [-0.05, 0) is 28.1 Å². The highest BCUT2D eigenvalue weighted by atomic mass is 79.9. The molecule has 0 bridgehead atoms. The first kappa shape index (κ1) is 14.1. The van der Waals surface area contributed by atoms with Gasteiger partial charge < -0.3 is 14.7 Å². The van der Waals surface area contributed by atoms with E-state index in [-0.39, 0.29) is 30.3 Å². The molecule has 1 N–H and O–H groups in total. The maximum atomic E-state index is 11.9. The third kappa shape index (κ3) is 2.69. The lowest BCUT2D eigenvalue weighted by atomic mass is 10.1. The normalized spacial score (nSPS) is 18.8. The van der Waals surface area contributed by atoms with Crippen molar-refractivity contribution in [2.45, 2.75) is 6.42 Å². The van der Waals surface area contributed by atoms with Crippen molar-refractivity contribution in [1.29, 1.82) is 0 Å². The SMILES string of the molecule is COC(=O)C1CC(=O)N(c2cc(Cl)cc(Br)c2O)C1. The number of methoxy groups -OCH3 is 1. The number of carbonyl (C=O) groups excluding carboxylic acids is 2. The zero-order valence-electron chi connectivity index (χ0n) is 10.0. The van der Waals surface area contributed by atoms with Gasteiger partial charge in [0, 0.05) is 18.0 Å². The fourth-order valence-corrected chi connectivity index (χ4v) is 2.82. The Labute approximate surface area is 123 Å². The molecule has 19 heavy (non-hydrogen) atoms. The molecule has 2 rings (SSSR count). The van der Waals surface area contributed by atoms with Crippen LogP contribution < -0.4 is 4.90 Å². The lowest BCUT2D eigenvalue weighted by molar-refractivity contribution is -0.145. The van der Waals surface area contributed by atoms with Crippen LogP contribution >= 0.6 is 27.5 Å². The van der Waals surface area contributed by atoms with Crippen molar-refractivity contribution in [2.24, 2.45) is 5.92 Å². The van der Waals surface area contributed by atoms with Crippen molar-refractivity contribution in [3.63, 3.8) is 0 Å². The average molecular weight is 349 g/mol. The predicted octanol–water partition coefficient (Wildman–Crippen LogP) is 2.33. The van der Waals surface area contributed by atoms with Gasteiger partial charge in [-0.1, -0.05) is 11.6 Å². The molecule has 7 heteroatoms. The van der Waals surface area contributed by atoms with Crippen LogP contribution in [0.3, 0.4) is 0 Å². The summed E-state index contributed by atoms with van der Waals surface area (Å²) in [6.07, 6.45) is 0.0657. The van der Waals surface area contributed by atoms with Crippen molar-refractivity contribution in [3.8, 4) is 5.75 Å². The number of rotatable bonds is 2. The van der Waals surface area contributed by atoms with E-state index in [1.165, 1.54) is 24.1 Å². The van der Waals surface area contributed by atoms with Crippen molar-refractivity contribution in [1.82, 2.24) is 0 Å². The Morgan fingerprint density at radius 1 is 1.58 bits per heavy atom. The number of carbonyl (C=O) groups is 2. The standard InChI is InChI=1S/C12H11BrClNO4/c1-19-12(18)6-2-10(16)15(5-6)9-4-7(14)3-8(13)11(9)17/h3-4,6,17H,2,5H2,1H3. The van der Waals surface area contributed by atoms with Crippen molar-refractivity contribution in [2.75, 3.05) is 18.6 Å². The second kappa shape index (κ2) is 5.38. The van der Waals surface area contributed by atoms with Gasteiger partial charge in [0.25, 0.3) is 0 Å². The Morgan fingerprint density at radius 3 is 2.89 bits per heavy atom. The summed E-state index contributed by atoms with van der Waals surface area (Å²) in [5.41, 5.74) is 0.288. The summed E-state index contributed by atoms with van der Waals surface area (Å²) in [6, 6.07) is 3.01. The maximum absolute atomic E-state index is 11.9. The highest BCUT2D eigenvalue weighted by molar-refractivity contribution is 9.10. The fourth-order valence-electron chi connectivity index (χ4n) is 2.02. The Morgan fingerprint density at radius 2 is 2.26 bits per heavy atom. The number of benzene rings is 1. The van der Waals surface area contributed by atoms with E-state index in [1.54, 1.807) is 0 Å². The molecule has 0 aromatic heterocycles. The van der Waals surface area contributed by atoms with Crippen LogP contribution in [0.5, 0.6) is 5.75 Å². The lowest BCUT2D eigenvalue weighted by Crippen LogP contribution is -2.26. The van der Waals surface area contributed by atoms with Gasteiger partial charge in [0.05, 0.1) is 23.2 Å². The van der Waals surface area contributed by atoms with Gasteiger partial charge in [0.15, 0.2) is 5.75 Å². The minimum atomic E-state index is -0.519. The molecule has 1 heterocycles. The number of halogens is 2. The van der Waals surface area contributed by atoms with Gasteiger partial charge in [0.2, 0.25) is 5.91 Å². The monoisotopic (exact) mass is 347 g/mol. The molecule has 1 aliphatic rings. The molecule has 102 valence electrons. The number of phenols is 1. The number of hydrogen-bond donors (Lipinski definition) is 1.